The van der Waals surface area contributed by atoms with Crippen molar-refractivity contribution in [1.82, 2.24) is 29.6 Å². The number of carbonyl (C=O) groups is 1. The van der Waals surface area contributed by atoms with E-state index in [4.69, 9.17) is 4.52 Å². The molecule has 130 valence electrons. The van der Waals surface area contributed by atoms with E-state index in [-0.39, 0.29) is 17.9 Å². The fraction of sp³-hybridized carbons (Fsp3) is 0.471. The molecule has 1 atom stereocenters. The quantitative estimate of drug-likeness (QED) is 0.725. The Kier molecular flexibility index (Phi) is 3.55. The van der Waals surface area contributed by atoms with Gasteiger partial charge in [0.05, 0.1) is 17.7 Å². The van der Waals surface area contributed by atoms with E-state index in [0.717, 1.165) is 17.0 Å². The van der Waals surface area contributed by atoms with Gasteiger partial charge in [0.2, 0.25) is 17.6 Å². The van der Waals surface area contributed by atoms with Crippen LogP contribution >= 0.6 is 0 Å². The smallest absolute Gasteiger partial charge is 0.232 e. The Labute approximate surface area is 144 Å². The molecule has 0 unspecified atom stereocenters. The maximum atomic E-state index is 12.1. The van der Waals surface area contributed by atoms with Gasteiger partial charge in [0.1, 0.15) is 0 Å². The summed E-state index contributed by atoms with van der Waals surface area (Å²) in [5.41, 5.74) is 3.33. The third-order valence-electron chi connectivity index (χ3n) is 4.59. The molecule has 1 amide bonds. The summed E-state index contributed by atoms with van der Waals surface area (Å²) in [5.74, 6) is 1.02. The third-order valence-corrected chi connectivity index (χ3v) is 4.59. The molecule has 25 heavy (non-hydrogen) atoms. The van der Waals surface area contributed by atoms with Gasteiger partial charge < -0.3 is 9.42 Å². The standard InChI is InChI=1S/C17H20N6O2/c1-9(2)22-8-12(6-14(22)24)17-20-15(21-25-17)13-7-18-23-11(4)5-10(3)19-16(13)23/h5,7,9,12H,6,8H2,1-4H3/t12-/m0/s1. The van der Waals surface area contributed by atoms with Crippen LogP contribution in [0.1, 0.15) is 43.5 Å². The molecule has 3 aromatic heterocycles. The fourth-order valence-corrected chi connectivity index (χ4v) is 3.33. The lowest BCUT2D eigenvalue weighted by molar-refractivity contribution is -0.129. The minimum Gasteiger partial charge on any atom is -0.339 e. The molecule has 0 N–H and O–H groups in total. The summed E-state index contributed by atoms with van der Waals surface area (Å²) < 4.78 is 7.22. The van der Waals surface area contributed by atoms with Crippen molar-refractivity contribution < 1.29 is 9.32 Å². The monoisotopic (exact) mass is 340 g/mol. The highest BCUT2D eigenvalue weighted by molar-refractivity contribution is 5.80. The zero-order chi connectivity index (χ0) is 17.7. The second kappa shape index (κ2) is 5.65. The van der Waals surface area contributed by atoms with Crippen molar-refractivity contribution in [2.24, 2.45) is 0 Å². The highest BCUT2D eigenvalue weighted by atomic mass is 16.5. The number of aromatic nitrogens is 5. The first kappa shape index (κ1) is 15.7. The summed E-state index contributed by atoms with van der Waals surface area (Å²) in [6.07, 6.45) is 2.11. The van der Waals surface area contributed by atoms with E-state index in [1.165, 1.54) is 0 Å². The molecule has 1 aliphatic heterocycles. The van der Waals surface area contributed by atoms with E-state index in [0.29, 0.717) is 30.3 Å². The molecule has 8 heteroatoms. The third kappa shape index (κ3) is 2.57. The van der Waals surface area contributed by atoms with E-state index in [1.807, 2.05) is 38.7 Å². The van der Waals surface area contributed by atoms with Gasteiger partial charge in [-0.2, -0.15) is 10.1 Å². The number of hydrogen-bond donors (Lipinski definition) is 0. The summed E-state index contributed by atoms with van der Waals surface area (Å²) >= 11 is 0. The van der Waals surface area contributed by atoms with Crippen molar-refractivity contribution in [3.63, 3.8) is 0 Å². The average Bonchev–Trinajstić information content (AvgIpc) is 3.23. The van der Waals surface area contributed by atoms with E-state index < -0.39 is 0 Å². The first-order valence-corrected chi connectivity index (χ1v) is 8.39. The topological polar surface area (TPSA) is 89.4 Å². The van der Waals surface area contributed by atoms with Crippen molar-refractivity contribution >= 4 is 11.6 Å². The highest BCUT2D eigenvalue weighted by Crippen LogP contribution is 2.30. The summed E-state index contributed by atoms with van der Waals surface area (Å²) in [4.78, 5) is 23.0. The molecule has 0 spiro atoms. The number of nitrogens with zero attached hydrogens (tertiary/aromatic N) is 6. The zero-order valence-electron chi connectivity index (χ0n) is 14.7. The Morgan fingerprint density at radius 3 is 2.80 bits per heavy atom. The Morgan fingerprint density at radius 1 is 1.28 bits per heavy atom. The molecule has 1 saturated heterocycles. The first-order valence-electron chi connectivity index (χ1n) is 8.39. The van der Waals surface area contributed by atoms with Crippen LogP contribution < -0.4 is 0 Å². The molecule has 1 aliphatic rings. The van der Waals surface area contributed by atoms with Gasteiger partial charge in [-0.05, 0) is 33.8 Å². The van der Waals surface area contributed by atoms with Crippen LogP contribution in [0, 0.1) is 13.8 Å². The molecule has 0 radical (unpaired) electrons. The minimum atomic E-state index is -0.0607. The number of rotatable bonds is 3. The van der Waals surface area contributed by atoms with Crippen molar-refractivity contribution in [1.29, 1.82) is 0 Å². The SMILES string of the molecule is Cc1cc(C)n2ncc(-c3noc([C@H]4CC(=O)N(C(C)C)C4)n3)c2n1. The van der Waals surface area contributed by atoms with Gasteiger partial charge in [-0.15, -0.1) is 0 Å². The van der Waals surface area contributed by atoms with Crippen molar-refractivity contribution in [3.8, 4) is 11.4 Å². The van der Waals surface area contributed by atoms with Gasteiger partial charge in [-0.3, -0.25) is 4.79 Å². The lowest BCUT2D eigenvalue weighted by Crippen LogP contribution is -2.31. The second-order valence-corrected chi connectivity index (χ2v) is 6.83. The van der Waals surface area contributed by atoms with Gasteiger partial charge in [0.15, 0.2) is 5.65 Å². The molecule has 4 rings (SSSR count). The Balaban J connectivity index is 1.68. The van der Waals surface area contributed by atoms with Gasteiger partial charge in [0.25, 0.3) is 0 Å². The molecular weight excluding hydrogens is 320 g/mol. The predicted molar refractivity (Wildman–Crippen MR) is 90.0 cm³/mol. The van der Waals surface area contributed by atoms with Crippen LogP contribution in [0.2, 0.25) is 0 Å². The number of hydrogen-bond acceptors (Lipinski definition) is 6. The molecule has 0 aliphatic carbocycles. The average molecular weight is 340 g/mol. The van der Waals surface area contributed by atoms with Crippen LogP contribution in [0.3, 0.4) is 0 Å². The Morgan fingerprint density at radius 2 is 2.08 bits per heavy atom. The van der Waals surface area contributed by atoms with Gasteiger partial charge in [-0.25, -0.2) is 9.50 Å². The molecule has 0 bridgehead atoms. The van der Waals surface area contributed by atoms with Gasteiger partial charge >= 0.3 is 0 Å². The summed E-state index contributed by atoms with van der Waals surface area (Å²) in [6.45, 7) is 8.55. The molecule has 8 nitrogen and oxygen atoms in total. The van der Waals surface area contributed by atoms with Crippen LogP contribution in [0.4, 0.5) is 0 Å². The van der Waals surface area contributed by atoms with Crippen LogP contribution in [-0.2, 0) is 4.79 Å². The van der Waals surface area contributed by atoms with Crippen LogP contribution in [0.5, 0.6) is 0 Å². The van der Waals surface area contributed by atoms with E-state index in [2.05, 4.69) is 20.2 Å². The number of fused-ring (bicyclic) bond motifs is 1. The normalized spacial score (nSPS) is 18.0. The first-order chi connectivity index (χ1) is 11.9. The molecule has 0 aromatic carbocycles. The summed E-state index contributed by atoms with van der Waals surface area (Å²) in [7, 11) is 0. The van der Waals surface area contributed by atoms with Crippen molar-refractivity contribution in [3.05, 3.63) is 29.5 Å². The molecule has 0 saturated carbocycles. The number of aryl methyl sites for hydroxylation is 2. The second-order valence-electron chi connectivity index (χ2n) is 6.83. The fourth-order valence-electron chi connectivity index (χ4n) is 3.33. The number of amides is 1. The maximum absolute atomic E-state index is 12.1. The Hall–Kier alpha value is -2.77. The van der Waals surface area contributed by atoms with Crippen molar-refractivity contribution in [2.75, 3.05) is 6.54 Å². The molecule has 4 heterocycles. The lowest BCUT2D eigenvalue weighted by Gasteiger charge is -2.20. The molecular formula is C17H20N6O2. The van der Waals surface area contributed by atoms with E-state index in [9.17, 15) is 4.79 Å². The van der Waals surface area contributed by atoms with Gasteiger partial charge in [0, 0.05) is 30.4 Å². The van der Waals surface area contributed by atoms with Gasteiger partial charge in [-0.1, -0.05) is 5.16 Å². The number of likely N-dealkylation sites (tertiary alicyclic amines) is 1. The lowest BCUT2D eigenvalue weighted by atomic mass is 10.1. The minimum absolute atomic E-state index is 0.0607. The van der Waals surface area contributed by atoms with Crippen LogP contribution in [0.15, 0.2) is 16.8 Å². The maximum Gasteiger partial charge on any atom is 0.232 e. The number of carbonyl (C=O) groups excluding carboxylic acids is 1. The zero-order valence-corrected chi connectivity index (χ0v) is 14.7. The summed E-state index contributed by atoms with van der Waals surface area (Å²) in [5, 5.41) is 8.46. The van der Waals surface area contributed by atoms with Crippen molar-refractivity contribution in [2.45, 2.75) is 46.1 Å². The molecule has 1 fully saturated rings. The highest BCUT2D eigenvalue weighted by Gasteiger charge is 2.35. The Bertz CT molecular complexity index is 957. The predicted octanol–water partition coefficient (Wildman–Crippen LogP) is 2.12. The van der Waals surface area contributed by atoms with Crippen LogP contribution in [0.25, 0.3) is 17.0 Å². The van der Waals surface area contributed by atoms with Crippen LogP contribution in [-0.4, -0.2) is 48.1 Å². The molecule has 3 aromatic rings. The van der Waals surface area contributed by atoms with E-state index in [1.54, 1.807) is 10.7 Å². The van der Waals surface area contributed by atoms with E-state index >= 15 is 0 Å². The summed E-state index contributed by atoms with van der Waals surface area (Å²) in [6, 6.07) is 2.14. The largest absolute Gasteiger partial charge is 0.339 e.